The van der Waals surface area contributed by atoms with Crippen molar-refractivity contribution in [1.82, 2.24) is 0 Å². The molecule has 0 aromatic heterocycles. The molecule has 0 radical (unpaired) electrons. The lowest BCUT2D eigenvalue weighted by molar-refractivity contribution is 0.102. The van der Waals surface area contributed by atoms with E-state index in [4.69, 9.17) is 25.8 Å². The fourth-order valence-electron chi connectivity index (χ4n) is 2.09. The van der Waals surface area contributed by atoms with Crippen LogP contribution in [0, 0.1) is 0 Å². The van der Waals surface area contributed by atoms with Crippen LogP contribution in [-0.2, 0) is 5.88 Å². The lowest BCUT2D eigenvalue weighted by Gasteiger charge is -2.14. The van der Waals surface area contributed by atoms with Crippen LogP contribution in [0.25, 0.3) is 0 Å². The Kier molecular flexibility index (Phi) is 5.71. The molecule has 2 rings (SSSR count). The maximum absolute atomic E-state index is 12.4. The van der Waals surface area contributed by atoms with E-state index in [0.717, 1.165) is 5.56 Å². The minimum Gasteiger partial charge on any atom is -0.493 e. The van der Waals surface area contributed by atoms with Crippen molar-refractivity contribution in [3.8, 4) is 17.2 Å². The first-order valence-corrected chi connectivity index (χ1v) is 7.42. The van der Waals surface area contributed by atoms with E-state index in [1.54, 1.807) is 24.3 Å². The van der Waals surface area contributed by atoms with Gasteiger partial charge in [-0.1, -0.05) is 12.1 Å². The van der Waals surface area contributed by atoms with Gasteiger partial charge in [0.1, 0.15) is 0 Å². The van der Waals surface area contributed by atoms with Gasteiger partial charge in [-0.2, -0.15) is 0 Å². The summed E-state index contributed by atoms with van der Waals surface area (Å²) in [6.45, 7) is 0. The van der Waals surface area contributed by atoms with Gasteiger partial charge in [-0.3, -0.25) is 4.79 Å². The van der Waals surface area contributed by atoms with Crippen LogP contribution >= 0.6 is 11.6 Å². The van der Waals surface area contributed by atoms with Gasteiger partial charge in [0.2, 0.25) is 5.75 Å². The van der Waals surface area contributed by atoms with E-state index in [-0.39, 0.29) is 5.91 Å². The molecule has 122 valence electrons. The van der Waals surface area contributed by atoms with E-state index in [1.165, 1.54) is 21.3 Å². The number of nitrogens with one attached hydrogen (secondary N) is 1. The molecule has 5 nitrogen and oxygen atoms in total. The number of ether oxygens (including phenoxy) is 3. The molecule has 1 N–H and O–H groups in total. The van der Waals surface area contributed by atoms with Crippen molar-refractivity contribution in [2.24, 2.45) is 0 Å². The SMILES string of the molecule is COc1cc(C(=O)Nc2ccc(CCl)cc2)cc(OC)c1OC. The largest absolute Gasteiger partial charge is 0.493 e. The van der Waals surface area contributed by atoms with Gasteiger partial charge < -0.3 is 19.5 Å². The highest BCUT2D eigenvalue weighted by Gasteiger charge is 2.17. The van der Waals surface area contributed by atoms with E-state index in [1.807, 2.05) is 12.1 Å². The molecule has 0 fully saturated rings. The Labute approximate surface area is 140 Å². The molecular weight excluding hydrogens is 318 g/mol. The van der Waals surface area contributed by atoms with Gasteiger partial charge in [0.15, 0.2) is 11.5 Å². The molecule has 0 aliphatic rings. The van der Waals surface area contributed by atoms with E-state index in [9.17, 15) is 4.79 Å². The topological polar surface area (TPSA) is 56.8 Å². The fourth-order valence-corrected chi connectivity index (χ4v) is 2.27. The third-order valence-corrected chi connectivity index (χ3v) is 3.60. The lowest BCUT2D eigenvalue weighted by atomic mass is 10.1. The number of hydrogen-bond acceptors (Lipinski definition) is 4. The number of carbonyl (C=O) groups excluding carboxylic acids is 1. The molecule has 0 saturated heterocycles. The van der Waals surface area contributed by atoms with Crippen molar-refractivity contribution < 1.29 is 19.0 Å². The van der Waals surface area contributed by atoms with Crippen molar-refractivity contribution in [3.05, 3.63) is 47.5 Å². The predicted molar refractivity (Wildman–Crippen MR) is 90.1 cm³/mol. The predicted octanol–water partition coefficient (Wildman–Crippen LogP) is 3.70. The first-order valence-electron chi connectivity index (χ1n) is 6.89. The van der Waals surface area contributed by atoms with Crippen LogP contribution in [0.15, 0.2) is 36.4 Å². The molecule has 1 amide bonds. The lowest BCUT2D eigenvalue weighted by Crippen LogP contribution is -2.12. The highest BCUT2D eigenvalue weighted by atomic mass is 35.5. The van der Waals surface area contributed by atoms with Crippen LogP contribution in [0.2, 0.25) is 0 Å². The minimum atomic E-state index is -0.275. The summed E-state index contributed by atoms with van der Waals surface area (Å²) in [7, 11) is 4.52. The average molecular weight is 336 g/mol. The number of carbonyl (C=O) groups is 1. The zero-order valence-corrected chi connectivity index (χ0v) is 13.9. The normalized spacial score (nSPS) is 10.1. The molecule has 0 heterocycles. The Morgan fingerprint density at radius 2 is 1.57 bits per heavy atom. The van der Waals surface area contributed by atoms with Gasteiger partial charge in [0.25, 0.3) is 5.91 Å². The quantitative estimate of drug-likeness (QED) is 0.818. The number of methoxy groups -OCH3 is 3. The summed E-state index contributed by atoms with van der Waals surface area (Å²) in [5.74, 6) is 1.45. The van der Waals surface area contributed by atoms with Crippen LogP contribution in [0.4, 0.5) is 5.69 Å². The highest BCUT2D eigenvalue weighted by Crippen LogP contribution is 2.38. The van der Waals surface area contributed by atoms with Gasteiger partial charge in [-0.25, -0.2) is 0 Å². The second-order valence-electron chi connectivity index (χ2n) is 4.70. The van der Waals surface area contributed by atoms with Crippen molar-refractivity contribution in [1.29, 1.82) is 0 Å². The maximum atomic E-state index is 12.4. The Bertz CT molecular complexity index is 660. The first-order chi connectivity index (χ1) is 11.1. The molecule has 2 aromatic rings. The standard InChI is InChI=1S/C17H18ClNO4/c1-21-14-8-12(9-15(22-2)16(14)23-3)17(20)19-13-6-4-11(10-18)5-7-13/h4-9H,10H2,1-3H3,(H,19,20). The third-order valence-electron chi connectivity index (χ3n) is 3.29. The van der Waals surface area contributed by atoms with Crippen molar-refractivity contribution in [3.63, 3.8) is 0 Å². The molecule has 0 bridgehead atoms. The number of halogens is 1. The summed E-state index contributed by atoms with van der Waals surface area (Å²) in [4.78, 5) is 12.4. The highest BCUT2D eigenvalue weighted by molar-refractivity contribution is 6.17. The molecule has 0 spiro atoms. The summed E-state index contributed by atoms with van der Waals surface area (Å²) in [6.07, 6.45) is 0. The molecule has 23 heavy (non-hydrogen) atoms. The smallest absolute Gasteiger partial charge is 0.255 e. The number of rotatable bonds is 6. The monoisotopic (exact) mass is 335 g/mol. The van der Waals surface area contributed by atoms with Crippen molar-refractivity contribution in [2.45, 2.75) is 5.88 Å². The molecular formula is C17H18ClNO4. The zero-order chi connectivity index (χ0) is 16.8. The van der Waals surface area contributed by atoms with Crippen LogP contribution in [-0.4, -0.2) is 27.2 Å². The third kappa shape index (κ3) is 3.87. The molecule has 0 saturated carbocycles. The van der Waals surface area contributed by atoms with Gasteiger partial charge in [-0.15, -0.1) is 11.6 Å². The van der Waals surface area contributed by atoms with E-state index >= 15 is 0 Å². The van der Waals surface area contributed by atoms with Gasteiger partial charge in [0, 0.05) is 17.1 Å². The van der Waals surface area contributed by atoms with E-state index in [2.05, 4.69) is 5.32 Å². The van der Waals surface area contributed by atoms with Crippen LogP contribution in [0.1, 0.15) is 15.9 Å². The van der Waals surface area contributed by atoms with Crippen LogP contribution in [0.3, 0.4) is 0 Å². The van der Waals surface area contributed by atoms with E-state index < -0.39 is 0 Å². The molecule has 6 heteroatoms. The van der Waals surface area contributed by atoms with Gasteiger partial charge in [-0.05, 0) is 29.8 Å². The molecule has 2 aromatic carbocycles. The Hall–Kier alpha value is -2.40. The molecule has 0 aliphatic heterocycles. The summed E-state index contributed by atoms with van der Waals surface area (Å²) < 4.78 is 15.7. The molecule has 0 atom stereocenters. The minimum absolute atomic E-state index is 0.275. The Morgan fingerprint density at radius 3 is 2.00 bits per heavy atom. The first kappa shape index (κ1) is 17.0. The van der Waals surface area contributed by atoms with Crippen molar-refractivity contribution >= 4 is 23.2 Å². The number of benzene rings is 2. The summed E-state index contributed by atoms with van der Waals surface area (Å²) in [5.41, 5.74) is 2.07. The summed E-state index contributed by atoms with van der Waals surface area (Å²) in [6, 6.07) is 10.5. The Morgan fingerprint density at radius 1 is 1.00 bits per heavy atom. The molecule has 0 aliphatic carbocycles. The molecule has 0 unspecified atom stereocenters. The van der Waals surface area contributed by atoms with Gasteiger partial charge in [0.05, 0.1) is 21.3 Å². The number of hydrogen-bond donors (Lipinski definition) is 1. The second kappa shape index (κ2) is 7.74. The zero-order valence-electron chi connectivity index (χ0n) is 13.2. The van der Waals surface area contributed by atoms with Crippen molar-refractivity contribution in [2.75, 3.05) is 26.6 Å². The Balaban J connectivity index is 2.27. The van der Waals surface area contributed by atoms with Crippen LogP contribution in [0.5, 0.6) is 17.2 Å². The summed E-state index contributed by atoms with van der Waals surface area (Å²) in [5, 5.41) is 2.82. The van der Waals surface area contributed by atoms with Crippen LogP contribution < -0.4 is 19.5 Å². The number of alkyl halides is 1. The number of amides is 1. The second-order valence-corrected chi connectivity index (χ2v) is 4.97. The average Bonchev–Trinajstić information content (AvgIpc) is 2.60. The summed E-state index contributed by atoms with van der Waals surface area (Å²) >= 11 is 5.75. The maximum Gasteiger partial charge on any atom is 0.255 e. The fraction of sp³-hybridized carbons (Fsp3) is 0.235. The van der Waals surface area contributed by atoms with E-state index in [0.29, 0.717) is 34.4 Å². The number of anilines is 1. The van der Waals surface area contributed by atoms with Gasteiger partial charge >= 0.3 is 0 Å².